The number of methoxy groups -OCH3 is 1. The highest BCUT2D eigenvalue weighted by molar-refractivity contribution is 5.90. The Morgan fingerprint density at radius 2 is 1.46 bits per heavy atom. The monoisotopic (exact) mass is 339 g/mol. The second-order valence-corrected chi connectivity index (χ2v) is 6.58. The number of hydrogen-bond acceptors (Lipinski definition) is 2. The average Bonchev–Trinajstić information content (AvgIpc) is 2.68. The van der Waals surface area contributed by atoms with Gasteiger partial charge in [0.25, 0.3) is 0 Å². The Labute approximate surface area is 154 Å². The smallest absolute Gasteiger partial charge is 0.122 e. The van der Waals surface area contributed by atoms with Crippen molar-refractivity contribution in [1.82, 2.24) is 4.98 Å². The predicted molar refractivity (Wildman–Crippen MR) is 109 cm³/mol. The van der Waals surface area contributed by atoms with Gasteiger partial charge in [0, 0.05) is 16.6 Å². The third-order valence-electron chi connectivity index (χ3n) is 4.80. The first-order valence-electron chi connectivity index (χ1n) is 8.77. The van der Waals surface area contributed by atoms with Crippen molar-refractivity contribution < 1.29 is 4.74 Å². The van der Waals surface area contributed by atoms with Gasteiger partial charge < -0.3 is 4.74 Å². The average molecular weight is 339 g/mol. The Bertz CT molecular complexity index is 1080. The van der Waals surface area contributed by atoms with E-state index in [4.69, 9.17) is 9.72 Å². The largest absolute Gasteiger partial charge is 0.496 e. The molecule has 0 bridgehead atoms. The van der Waals surface area contributed by atoms with Crippen LogP contribution in [0.15, 0.2) is 72.8 Å². The molecule has 2 nitrogen and oxygen atoms in total. The van der Waals surface area contributed by atoms with Crippen LogP contribution in [0.4, 0.5) is 0 Å². The minimum atomic E-state index is 0.904. The van der Waals surface area contributed by atoms with Crippen LogP contribution in [0.2, 0.25) is 0 Å². The summed E-state index contributed by atoms with van der Waals surface area (Å²) in [5.41, 5.74) is 6.69. The van der Waals surface area contributed by atoms with Gasteiger partial charge in [-0.25, -0.2) is 0 Å². The third kappa shape index (κ3) is 2.95. The van der Waals surface area contributed by atoms with Gasteiger partial charge in [-0.05, 0) is 60.2 Å². The van der Waals surface area contributed by atoms with Crippen molar-refractivity contribution in [2.45, 2.75) is 13.8 Å². The van der Waals surface area contributed by atoms with Gasteiger partial charge in [-0.15, -0.1) is 0 Å². The first-order valence-corrected chi connectivity index (χ1v) is 8.77. The van der Waals surface area contributed by atoms with Crippen LogP contribution in [-0.2, 0) is 0 Å². The molecule has 0 amide bonds. The van der Waals surface area contributed by atoms with E-state index in [0.29, 0.717) is 0 Å². The summed E-state index contributed by atoms with van der Waals surface area (Å²) in [6.45, 7) is 4.13. The summed E-state index contributed by atoms with van der Waals surface area (Å²) < 4.78 is 5.46. The highest BCUT2D eigenvalue weighted by Gasteiger charge is 2.09. The van der Waals surface area contributed by atoms with Crippen LogP contribution in [0.3, 0.4) is 0 Å². The number of hydrogen-bond donors (Lipinski definition) is 0. The number of aromatic nitrogens is 1. The molecule has 0 fully saturated rings. The Balaban J connectivity index is 1.85. The highest BCUT2D eigenvalue weighted by atomic mass is 16.5. The zero-order valence-electron chi connectivity index (χ0n) is 15.3. The molecule has 0 saturated heterocycles. The summed E-state index contributed by atoms with van der Waals surface area (Å²) in [7, 11) is 1.71. The summed E-state index contributed by atoms with van der Waals surface area (Å²) in [4.78, 5) is 4.86. The SMILES string of the molecule is COc1cc2c(C)nc(-c3cccc(-c4ccccc4)c3)cc2cc1C. The molecule has 0 unspecified atom stereocenters. The molecule has 0 aliphatic carbocycles. The first-order chi connectivity index (χ1) is 12.7. The van der Waals surface area contributed by atoms with Gasteiger partial charge in [0.15, 0.2) is 0 Å². The Hall–Kier alpha value is -3.13. The van der Waals surface area contributed by atoms with Crippen molar-refractivity contribution in [3.63, 3.8) is 0 Å². The lowest BCUT2D eigenvalue weighted by molar-refractivity contribution is 0.412. The molecule has 4 rings (SSSR count). The van der Waals surface area contributed by atoms with Crippen molar-refractivity contribution >= 4 is 10.8 Å². The van der Waals surface area contributed by atoms with Crippen LogP contribution in [0.5, 0.6) is 5.75 Å². The van der Waals surface area contributed by atoms with Crippen LogP contribution in [-0.4, -0.2) is 12.1 Å². The van der Waals surface area contributed by atoms with Crippen molar-refractivity contribution in [2.24, 2.45) is 0 Å². The maximum atomic E-state index is 5.46. The zero-order valence-corrected chi connectivity index (χ0v) is 15.3. The van der Waals surface area contributed by atoms with Gasteiger partial charge in [-0.2, -0.15) is 0 Å². The van der Waals surface area contributed by atoms with Gasteiger partial charge in [0.2, 0.25) is 0 Å². The standard InChI is InChI=1S/C24H21NO/c1-16-12-21-14-23(25-17(2)22(21)15-24(16)26-3)20-11-7-10-19(13-20)18-8-5-4-6-9-18/h4-15H,1-3H3. The van der Waals surface area contributed by atoms with Gasteiger partial charge in [-0.3, -0.25) is 4.98 Å². The van der Waals surface area contributed by atoms with E-state index in [1.807, 2.05) is 6.07 Å². The van der Waals surface area contributed by atoms with E-state index < -0.39 is 0 Å². The predicted octanol–water partition coefficient (Wildman–Crippen LogP) is 6.19. The fourth-order valence-corrected chi connectivity index (χ4v) is 3.42. The molecular formula is C24H21NO. The lowest BCUT2D eigenvalue weighted by atomic mass is 9.99. The summed E-state index contributed by atoms with van der Waals surface area (Å²) in [5, 5.41) is 2.33. The van der Waals surface area contributed by atoms with E-state index in [-0.39, 0.29) is 0 Å². The van der Waals surface area contributed by atoms with E-state index in [1.54, 1.807) is 7.11 Å². The van der Waals surface area contributed by atoms with Crippen molar-refractivity contribution in [2.75, 3.05) is 7.11 Å². The number of pyridine rings is 1. The van der Waals surface area contributed by atoms with E-state index in [2.05, 4.69) is 80.6 Å². The molecule has 0 atom stereocenters. The fourth-order valence-electron chi connectivity index (χ4n) is 3.42. The minimum Gasteiger partial charge on any atom is -0.496 e. The zero-order chi connectivity index (χ0) is 18.1. The molecule has 128 valence electrons. The van der Waals surface area contributed by atoms with E-state index in [0.717, 1.165) is 33.7 Å². The number of nitrogens with zero attached hydrogens (tertiary/aromatic N) is 1. The van der Waals surface area contributed by atoms with Gasteiger partial charge in [-0.1, -0.05) is 48.5 Å². The molecule has 3 aromatic carbocycles. The molecule has 0 spiro atoms. The molecule has 0 radical (unpaired) electrons. The normalized spacial score (nSPS) is 10.9. The number of benzene rings is 3. The fraction of sp³-hybridized carbons (Fsp3) is 0.125. The summed E-state index contributed by atoms with van der Waals surface area (Å²) >= 11 is 0. The second-order valence-electron chi connectivity index (χ2n) is 6.58. The van der Waals surface area contributed by atoms with Gasteiger partial charge >= 0.3 is 0 Å². The molecule has 0 aliphatic rings. The van der Waals surface area contributed by atoms with E-state index >= 15 is 0 Å². The number of rotatable bonds is 3. The molecule has 0 saturated carbocycles. The molecule has 1 aromatic heterocycles. The molecule has 0 aliphatic heterocycles. The lowest BCUT2D eigenvalue weighted by Gasteiger charge is -2.11. The van der Waals surface area contributed by atoms with Crippen LogP contribution in [0, 0.1) is 13.8 Å². The van der Waals surface area contributed by atoms with Crippen molar-refractivity contribution in [1.29, 1.82) is 0 Å². The highest BCUT2D eigenvalue weighted by Crippen LogP contribution is 2.31. The first kappa shape index (κ1) is 16.3. The Morgan fingerprint density at radius 3 is 2.23 bits per heavy atom. The lowest BCUT2D eigenvalue weighted by Crippen LogP contribution is -1.93. The Kier molecular flexibility index (Phi) is 4.18. The summed E-state index contributed by atoms with van der Waals surface area (Å²) in [6, 6.07) is 25.4. The molecule has 2 heteroatoms. The maximum absolute atomic E-state index is 5.46. The number of aryl methyl sites for hydroxylation is 2. The van der Waals surface area contributed by atoms with Crippen molar-refractivity contribution in [3.05, 3.63) is 84.1 Å². The third-order valence-corrected chi connectivity index (χ3v) is 4.80. The molecular weight excluding hydrogens is 318 g/mol. The van der Waals surface area contributed by atoms with E-state index in [9.17, 15) is 0 Å². The number of ether oxygens (including phenoxy) is 1. The van der Waals surface area contributed by atoms with Crippen LogP contribution >= 0.6 is 0 Å². The minimum absolute atomic E-state index is 0.904. The Morgan fingerprint density at radius 1 is 0.731 bits per heavy atom. The molecule has 0 N–H and O–H groups in total. The van der Waals surface area contributed by atoms with Gasteiger partial charge in [0.05, 0.1) is 12.8 Å². The van der Waals surface area contributed by atoms with Crippen LogP contribution in [0.25, 0.3) is 33.2 Å². The quantitative estimate of drug-likeness (QED) is 0.444. The number of fused-ring (bicyclic) bond motifs is 1. The molecule has 26 heavy (non-hydrogen) atoms. The van der Waals surface area contributed by atoms with Crippen LogP contribution in [0.1, 0.15) is 11.3 Å². The summed E-state index contributed by atoms with van der Waals surface area (Å²) in [6.07, 6.45) is 0. The topological polar surface area (TPSA) is 22.1 Å². The second kappa shape index (κ2) is 6.64. The van der Waals surface area contributed by atoms with Crippen LogP contribution < -0.4 is 4.74 Å². The molecule has 4 aromatic rings. The molecule has 1 heterocycles. The van der Waals surface area contributed by atoms with E-state index in [1.165, 1.54) is 16.5 Å². The van der Waals surface area contributed by atoms with Crippen molar-refractivity contribution in [3.8, 4) is 28.1 Å². The maximum Gasteiger partial charge on any atom is 0.122 e. The van der Waals surface area contributed by atoms with Gasteiger partial charge in [0.1, 0.15) is 5.75 Å². The summed E-state index contributed by atoms with van der Waals surface area (Å²) in [5.74, 6) is 0.904.